The maximum atomic E-state index is 9.23. The van der Waals surface area contributed by atoms with Gasteiger partial charge in [0.25, 0.3) is 0 Å². The van der Waals surface area contributed by atoms with Crippen molar-refractivity contribution in [1.82, 2.24) is 5.32 Å². The zero-order chi connectivity index (χ0) is 12.0. The molecule has 86 valence electrons. The van der Waals surface area contributed by atoms with Crippen molar-refractivity contribution in [2.45, 2.75) is 45.7 Å². The van der Waals surface area contributed by atoms with Crippen LogP contribution in [0.2, 0.25) is 0 Å². The number of hydrogen-bond donors (Lipinski definition) is 1. The molecule has 2 heteroatoms. The summed E-state index contributed by atoms with van der Waals surface area (Å²) in [4.78, 5) is 0. The molecule has 0 aromatic heterocycles. The molecule has 1 aromatic rings. The molecule has 16 heavy (non-hydrogen) atoms. The Kier molecular flexibility index (Phi) is 5.01. The summed E-state index contributed by atoms with van der Waals surface area (Å²) in [5.74, 6) is 0. The fourth-order valence-electron chi connectivity index (χ4n) is 1.74. The molecule has 0 amide bonds. The summed E-state index contributed by atoms with van der Waals surface area (Å²) in [7, 11) is 0. The quantitative estimate of drug-likeness (QED) is 0.820. The first-order chi connectivity index (χ1) is 7.72. The Labute approximate surface area is 98.3 Å². The third kappa shape index (κ3) is 3.08. The van der Waals surface area contributed by atoms with Gasteiger partial charge in [-0.1, -0.05) is 38.1 Å². The van der Waals surface area contributed by atoms with Crippen LogP contribution in [0.4, 0.5) is 0 Å². The highest BCUT2D eigenvalue weighted by Crippen LogP contribution is 2.18. The summed E-state index contributed by atoms with van der Waals surface area (Å²) < 4.78 is 0. The zero-order valence-corrected chi connectivity index (χ0v) is 10.3. The smallest absolute Gasteiger partial charge is 0.121 e. The second-order valence-electron chi connectivity index (χ2n) is 4.09. The van der Waals surface area contributed by atoms with Crippen molar-refractivity contribution >= 4 is 0 Å². The highest BCUT2D eigenvalue weighted by atomic mass is 14.9. The number of rotatable bonds is 5. The van der Waals surface area contributed by atoms with E-state index in [1.165, 1.54) is 5.56 Å². The van der Waals surface area contributed by atoms with Gasteiger partial charge >= 0.3 is 0 Å². The van der Waals surface area contributed by atoms with Crippen molar-refractivity contribution in [2.75, 3.05) is 0 Å². The van der Waals surface area contributed by atoms with Gasteiger partial charge in [-0.15, -0.1) is 0 Å². The topological polar surface area (TPSA) is 35.8 Å². The lowest BCUT2D eigenvalue weighted by Gasteiger charge is -2.19. The SMILES string of the molecule is CCc1ccccc1C(C#N)NC(C)CC. The van der Waals surface area contributed by atoms with Gasteiger partial charge in [-0.25, -0.2) is 0 Å². The molecule has 2 unspecified atom stereocenters. The van der Waals surface area contributed by atoms with E-state index in [1.54, 1.807) is 0 Å². The molecule has 0 bridgehead atoms. The minimum Gasteiger partial charge on any atom is -0.296 e. The average molecular weight is 216 g/mol. The second kappa shape index (κ2) is 6.30. The van der Waals surface area contributed by atoms with Crippen LogP contribution in [-0.2, 0) is 6.42 Å². The molecule has 0 heterocycles. The van der Waals surface area contributed by atoms with Gasteiger partial charge in [0.15, 0.2) is 0 Å². The molecule has 0 aliphatic heterocycles. The first-order valence-electron chi connectivity index (χ1n) is 5.96. The van der Waals surface area contributed by atoms with Crippen molar-refractivity contribution in [3.8, 4) is 6.07 Å². The van der Waals surface area contributed by atoms with Gasteiger partial charge in [-0.2, -0.15) is 5.26 Å². The largest absolute Gasteiger partial charge is 0.296 e. The lowest BCUT2D eigenvalue weighted by Crippen LogP contribution is -2.29. The number of nitrogens with zero attached hydrogens (tertiary/aromatic N) is 1. The van der Waals surface area contributed by atoms with E-state index in [0.717, 1.165) is 18.4 Å². The van der Waals surface area contributed by atoms with Crippen LogP contribution in [0.3, 0.4) is 0 Å². The Balaban J connectivity index is 2.91. The molecule has 0 saturated carbocycles. The van der Waals surface area contributed by atoms with Gasteiger partial charge in [0.1, 0.15) is 6.04 Å². The second-order valence-corrected chi connectivity index (χ2v) is 4.09. The number of benzene rings is 1. The summed E-state index contributed by atoms with van der Waals surface area (Å²) in [6.07, 6.45) is 2.00. The maximum absolute atomic E-state index is 9.23. The highest BCUT2D eigenvalue weighted by Gasteiger charge is 2.14. The van der Waals surface area contributed by atoms with E-state index < -0.39 is 0 Å². The molecule has 0 radical (unpaired) electrons. The number of nitriles is 1. The fourth-order valence-corrected chi connectivity index (χ4v) is 1.74. The third-order valence-corrected chi connectivity index (χ3v) is 2.94. The maximum Gasteiger partial charge on any atom is 0.121 e. The van der Waals surface area contributed by atoms with Crippen molar-refractivity contribution < 1.29 is 0 Å². The van der Waals surface area contributed by atoms with E-state index in [1.807, 2.05) is 18.2 Å². The summed E-state index contributed by atoms with van der Waals surface area (Å²) in [5.41, 5.74) is 2.37. The molecule has 1 rings (SSSR count). The van der Waals surface area contributed by atoms with Gasteiger partial charge in [-0.3, -0.25) is 5.32 Å². The van der Waals surface area contributed by atoms with Crippen LogP contribution in [0.15, 0.2) is 24.3 Å². The number of hydrogen-bond acceptors (Lipinski definition) is 2. The van der Waals surface area contributed by atoms with Gasteiger partial charge in [0, 0.05) is 6.04 Å². The third-order valence-electron chi connectivity index (χ3n) is 2.94. The number of nitrogens with one attached hydrogen (secondary N) is 1. The number of aryl methyl sites for hydroxylation is 1. The molecular weight excluding hydrogens is 196 g/mol. The van der Waals surface area contributed by atoms with Crippen LogP contribution in [0, 0.1) is 11.3 Å². The molecule has 1 N–H and O–H groups in total. The van der Waals surface area contributed by atoms with Gasteiger partial charge in [0.2, 0.25) is 0 Å². The van der Waals surface area contributed by atoms with Crippen LogP contribution in [0.25, 0.3) is 0 Å². The van der Waals surface area contributed by atoms with E-state index in [0.29, 0.717) is 6.04 Å². The van der Waals surface area contributed by atoms with Crippen LogP contribution in [0.5, 0.6) is 0 Å². The van der Waals surface area contributed by atoms with Gasteiger partial charge in [-0.05, 0) is 30.9 Å². The molecule has 1 aromatic carbocycles. The normalized spacial score (nSPS) is 14.1. The monoisotopic (exact) mass is 216 g/mol. The molecule has 0 saturated heterocycles. The predicted octanol–water partition coefficient (Wildman–Crippen LogP) is 3.20. The Morgan fingerprint density at radius 2 is 2.00 bits per heavy atom. The highest BCUT2D eigenvalue weighted by molar-refractivity contribution is 5.33. The Bertz CT molecular complexity index is 365. The Morgan fingerprint density at radius 1 is 1.31 bits per heavy atom. The average Bonchev–Trinajstić information content (AvgIpc) is 2.35. The first kappa shape index (κ1) is 12.7. The summed E-state index contributed by atoms with van der Waals surface area (Å²) >= 11 is 0. The van der Waals surface area contributed by atoms with E-state index in [9.17, 15) is 5.26 Å². The van der Waals surface area contributed by atoms with Gasteiger partial charge < -0.3 is 0 Å². The minimum atomic E-state index is -0.189. The zero-order valence-electron chi connectivity index (χ0n) is 10.3. The lowest BCUT2D eigenvalue weighted by atomic mass is 9.98. The molecule has 0 aliphatic carbocycles. The molecular formula is C14H20N2. The van der Waals surface area contributed by atoms with Crippen molar-refractivity contribution in [2.24, 2.45) is 0 Å². The van der Waals surface area contributed by atoms with E-state index in [2.05, 4.69) is 38.2 Å². The molecule has 2 nitrogen and oxygen atoms in total. The lowest BCUT2D eigenvalue weighted by molar-refractivity contribution is 0.499. The van der Waals surface area contributed by atoms with Crippen molar-refractivity contribution in [3.05, 3.63) is 35.4 Å². The van der Waals surface area contributed by atoms with Crippen LogP contribution >= 0.6 is 0 Å². The standard InChI is InChI=1S/C14H20N2/c1-4-11(3)16-14(10-15)13-9-7-6-8-12(13)5-2/h6-9,11,14,16H,4-5H2,1-3H3. The first-order valence-corrected chi connectivity index (χ1v) is 5.96. The van der Waals surface area contributed by atoms with E-state index in [-0.39, 0.29) is 6.04 Å². The molecule has 2 atom stereocenters. The van der Waals surface area contributed by atoms with Crippen LogP contribution in [-0.4, -0.2) is 6.04 Å². The van der Waals surface area contributed by atoms with Crippen LogP contribution in [0.1, 0.15) is 44.4 Å². The van der Waals surface area contributed by atoms with Crippen molar-refractivity contribution in [3.63, 3.8) is 0 Å². The molecule has 0 fully saturated rings. The minimum absolute atomic E-state index is 0.189. The summed E-state index contributed by atoms with van der Waals surface area (Å²) in [6, 6.07) is 10.7. The van der Waals surface area contributed by atoms with E-state index >= 15 is 0 Å². The van der Waals surface area contributed by atoms with Crippen LogP contribution < -0.4 is 5.32 Å². The van der Waals surface area contributed by atoms with Crippen molar-refractivity contribution in [1.29, 1.82) is 5.26 Å². The summed E-state index contributed by atoms with van der Waals surface area (Å²) in [6.45, 7) is 6.35. The predicted molar refractivity (Wildman–Crippen MR) is 67.1 cm³/mol. The Morgan fingerprint density at radius 3 is 2.56 bits per heavy atom. The molecule has 0 aliphatic rings. The van der Waals surface area contributed by atoms with E-state index in [4.69, 9.17) is 0 Å². The summed E-state index contributed by atoms with van der Waals surface area (Å²) in [5, 5.41) is 12.6. The Hall–Kier alpha value is -1.33. The van der Waals surface area contributed by atoms with Gasteiger partial charge in [0.05, 0.1) is 6.07 Å². The molecule has 0 spiro atoms. The fraction of sp³-hybridized carbons (Fsp3) is 0.500.